The molecule has 0 saturated heterocycles. The molecule has 3 aromatic heterocycles. The number of nitrogens with zero attached hydrogens (tertiary/aromatic N) is 2. The summed E-state index contributed by atoms with van der Waals surface area (Å²) < 4.78 is 11.1. The van der Waals surface area contributed by atoms with E-state index >= 15 is 0 Å². The van der Waals surface area contributed by atoms with Gasteiger partial charge in [0.05, 0.1) is 27.8 Å². The molecule has 3 nitrogen and oxygen atoms in total. The molecular formula is C66H42N2O. The third-order valence-corrected chi connectivity index (χ3v) is 14.1. The van der Waals surface area contributed by atoms with Gasteiger partial charge in [0.25, 0.3) is 0 Å². The molecule has 0 spiro atoms. The summed E-state index contributed by atoms with van der Waals surface area (Å²) in [6.07, 6.45) is 0. The summed E-state index contributed by atoms with van der Waals surface area (Å²) in [6.45, 7) is 0. The lowest BCUT2D eigenvalue weighted by Crippen LogP contribution is -1.98. The lowest BCUT2D eigenvalue weighted by atomic mass is 9.97. The maximum absolute atomic E-state index is 6.15. The predicted molar refractivity (Wildman–Crippen MR) is 290 cm³/mol. The van der Waals surface area contributed by atoms with Crippen LogP contribution in [0, 0.1) is 0 Å². The Hall–Kier alpha value is -9.18. The lowest BCUT2D eigenvalue weighted by Gasteiger charge is -2.16. The smallest absolute Gasteiger partial charge is 0.135 e. The van der Waals surface area contributed by atoms with Gasteiger partial charge in [-0.05, 0) is 123 Å². The van der Waals surface area contributed by atoms with Gasteiger partial charge in [0.1, 0.15) is 11.2 Å². The lowest BCUT2D eigenvalue weighted by molar-refractivity contribution is 0.669. The molecule has 0 bridgehead atoms. The van der Waals surface area contributed by atoms with Crippen molar-refractivity contribution < 1.29 is 4.42 Å². The van der Waals surface area contributed by atoms with E-state index in [1.165, 1.54) is 88.1 Å². The Labute approximate surface area is 399 Å². The van der Waals surface area contributed by atoms with Crippen molar-refractivity contribution in [3.63, 3.8) is 0 Å². The first-order valence-corrected chi connectivity index (χ1v) is 23.7. The molecule has 69 heavy (non-hydrogen) atoms. The van der Waals surface area contributed by atoms with Crippen LogP contribution < -0.4 is 0 Å². The second kappa shape index (κ2) is 15.7. The van der Waals surface area contributed by atoms with Crippen LogP contribution in [0.1, 0.15) is 0 Å². The number of hydrogen-bond donors (Lipinski definition) is 0. The van der Waals surface area contributed by atoms with Crippen molar-refractivity contribution in [3.8, 4) is 67.0 Å². The highest BCUT2D eigenvalue weighted by Crippen LogP contribution is 2.43. The highest BCUT2D eigenvalue weighted by molar-refractivity contribution is 6.17. The van der Waals surface area contributed by atoms with Crippen molar-refractivity contribution in [2.45, 2.75) is 0 Å². The number of fused-ring (bicyclic) bond motifs is 9. The van der Waals surface area contributed by atoms with Crippen molar-refractivity contribution in [2.24, 2.45) is 0 Å². The van der Waals surface area contributed by atoms with Crippen LogP contribution in [-0.4, -0.2) is 9.13 Å². The van der Waals surface area contributed by atoms with E-state index in [0.29, 0.717) is 0 Å². The van der Waals surface area contributed by atoms with E-state index in [4.69, 9.17) is 4.42 Å². The van der Waals surface area contributed by atoms with Crippen molar-refractivity contribution >= 4 is 65.6 Å². The van der Waals surface area contributed by atoms with E-state index in [2.05, 4.69) is 252 Å². The molecule has 0 aliphatic carbocycles. The molecule has 0 N–H and O–H groups in total. The van der Waals surface area contributed by atoms with Gasteiger partial charge < -0.3 is 13.6 Å². The van der Waals surface area contributed by atoms with E-state index in [1.807, 2.05) is 12.1 Å². The monoisotopic (exact) mass is 878 g/mol. The molecule has 0 aliphatic heterocycles. The van der Waals surface area contributed by atoms with Gasteiger partial charge in [-0.3, -0.25) is 0 Å². The van der Waals surface area contributed by atoms with Crippen LogP contribution in [0.3, 0.4) is 0 Å². The van der Waals surface area contributed by atoms with Gasteiger partial charge in [0, 0.05) is 43.6 Å². The summed E-state index contributed by atoms with van der Waals surface area (Å²) >= 11 is 0. The fraction of sp³-hybridized carbons (Fsp3) is 0. The minimum atomic E-state index is 0.907. The maximum atomic E-state index is 6.15. The average Bonchev–Trinajstić information content (AvgIpc) is 4.08. The fourth-order valence-electron chi connectivity index (χ4n) is 10.9. The van der Waals surface area contributed by atoms with Gasteiger partial charge >= 0.3 is 0 Å². The molecule has 0 amide bonds. The van der Waals surface area contributed by atoms with Gasteiger partial charge in [0.2, 0.25) is 0 Å². The maximum Gasteiger partial charge on any atom is 0.135 e. The van der Waals surface area contributed by atoms with E-state index in [-0.39, 0.29) is 0 Å². The van der Waals surface area contributed by atoms with Gasteiger partial charge in [-0.15, -0.1) is 0 Å². The zero-order valence-electron chi connectivity index (χ0n) is 37.6. The van der Waals surface area contributed by atoms with E-state index < -0.39 is 0 Å². The highest BCUT2D eigenvalue weighted by Gasteiger charge is 2.20. The number of benzene rings is 11. The number of aromatic nitrogens is 2. The van der Waals surface area contributed by atoms with Crippen molar-refractivity contribution in [3.05, 3.63) is 255 Å². The number of hydrogen-bond acceptors (Lipinski definition) is 1. The normalized spacial score (nSPS) is 11.8. The molecule has 14 rings (SSSR count). The first kappa shape index (κ1) is 39.0. The summed E-state index contributed by atoms with van der Waals surface area (Å²) in [5.41, 5.74) is 20.7. The van der Waals surface area contributed by atoms with Crippen LogP contribution in [-0.2, 0) is 0 Å². The summed E-state index contributed by atoms with van der Waals surface area (Å²) in [6, 6.07) is 92.6. The Morgan fingerprint density at radius 3 is 1.49 bits per heavy atom. The largest absolute Gasteiger partial charge is 0.456 e. The molecule has 11 aromatic carbocycles. The molecular weight excluding hydrogens is 837 g/mol. The summed E-state index contributed by atoms with van der Waals surface area (Å²) in [5.74, 6) is 0. The zero-order valence-corrected chi connectivity index (χ0v) is 37.6. The molecule has 0 fully saturated rings. The Bertz CT molecular complexity index is 4270. The van der Waals surface area contributed by atoms with Crippen LogP contribution in [0.5, 0.6) is 0 Å². The van der Waals surface area contributed by atoms with Crippen LogP contribution in [0.4, 0.5) is 0 Å². The van der Waals surface area contributed by atoms with Gasteiger partial charge in [-0.2, -0.15) is 0 Å². The minimum absolute atomic E-state index is 0.907. The average molecular weight is 879 g/mol. The molecule has 3 heterocycles. The summed E-state index contributed by atoms with van der Waals surface area (Å²) in [5, 5.41) is 7.18. The Balaban J connectivity index is 0.930. The molecule has 322 valence electrons. The number of rotatable bonds is 7. The third kappa shape index (κ3) is 6.36. The fourth-order valence-corrected chi connectivity index (χ4v) is 10.9. The first-order valence-electron chi connectivity index (χ1n) is 23.7. The minimum Gasteiger partial charge on any atom is -0.456 e. The topological polar surface area (TPSA) is 23.0 Å². The van der Waals surface area contributed by atoms with Gasteiger partial charge in [-0.1, -0.05) is 182 Å². The van der Waals surface area contributed by atoms with E-state index in [0.717, 1.165) is 44.4 Å². The molecule has 0 unspecified atom stereocenters. The highest BCUT2D eigenvalue weighted by atomic mass is 16.3. The van der Waals surface area contributed by atoms with Crippen molar-refractivity contribution in [2.75, 3.05) is 0 Å². The quantitative estimate of drug-likeness (QED) is 0.156. The SMILES string of the molecule is c1ccc(-c2ccc(-c3ccccc3)c(-n3c4ccccc4c4cc(-c5ccc6c(c5)c5c(-c7ccccc7)cccc5n6-c5ccc(-c6ccc7oc8ccccc8c7c6)cc5)ccc43)c2)cc1. The Morgan fingerprint density at radius 1 is 0.246 bits per heavy atom. The van der Waals surface area contributed by atoms with Crippen LogP contribution in [0.15, 0.2) is 259 Å². The van der Waals surface area contributed by atoms with Gasteiger partial charge in [-0.25, -0.2) is 0 Å². The van der Waals surface area contributed by atoms with E-state index in [1.54, 1.807) is 0 Å². The molecule has 0 aliphatic rings. The molecule has 0 saturated carbocycles. The van der Waals surface area contributed by atoms with Gasteiger partial charge in [0.15, 0.2) is 0 Å². The zero-order chi connectivity index (χ0) is 45.4. The van der Waals surface area contributed by atoms with Crippen molar-refractivity contribution in [1.29, 1.82) is 0 Å². The van der Waals surface area contributed by atoms with Crippen LogP contribution >= 0.6 is 0 Å². The Morgan fingerprint density at radius 2 is 0.739 bits per heavy atom. The Kier molecular flexibility index (Phi) is 8.90. The van der Waals surface area contributed by atoms with Crippen LogP contribution in [0.2, 0.25) is 0 Å². The summed E-state index contributed by atoms with van der Waals surface area (Å²) in [7, 11) is 0. The van der Waals surface area contributed by atoms with Crippen molar-refractivity contribution in [1.82, 2.24) is 9.13 Å². The molecule has 14 aromatic rings. The summed E-state index contributed by atoms with van der Waals surface area (Å²) in [4.78, 5) is 0. The molecule has 0 atom stereocenters. The molecule has 3 heteroatoms. The van der Waals surface area contributed by atoms with E-state index in [9.17, 15) is 0 Å². The van der Waals surface area contributed by atoms with Crippen LogP contribution in [0.25, 0.3) is 133 Å². The standard InChI is InChI=1S/C66H42N2O/c1-4-15-43(16-5-1)50-29-35-52(45-17-6-2-7-18-45)63(42-50)68-59-24-12-10-21-54(59)56-39-48(30-36-60(56)68)49-31-37-61-58(41-49)66-53(46-19-8-3-9-20-46)23-14-25-62(66)67(61)51-33-27-44(28-34-51)47-32-38-65-57(40-47)55-22-11-13-26-64(55)69-65/h1-42H. The second-order valence-electron chi connectivity index (χ2n) is 18.0. The number of furan rings is 1. The number of para-hydroxylation sites is 2. The predicted octanol–water partition coefficient (Wildman–Crippen LogP) is 18.1. The second-order valence-corrected chi connectivity index (χ2v) is 18.0. The first-order chi connectivity index (χ1) is 34.2. The third-order valence-electron chi connectivity index (χ3n) is 14.1. The molecule has 0 radical (unpaired) electrons.